The van der Waals surface area contributed by atoms with E-state index in [0.717, 1.165) is 47.4 Å². The molecule has 3 aliphatic rings. The van der Waals surface area contributed by atoms with Gasteiger partial charge in [-0.2, -0.15) is 0 Å². The molecule has 0 aliphatic carbocycles. The lowest BCUT2D eigenvalue weighted by molar-refractivity contribution is -0.880. The molecule has 0 aromatic heterocycles. The number of methoxy groups -OCH3 is 1. The van der Waals surface area contributed by atoms with Gasteiger partial charge in [-0.15, -0.1) is 0 Å². The molecule has 4 rings (SSSR count). The Hall–Kier alpha value is -0.550. The van der Waals surface area contributed by atoms with Crippen LogP contribution in [0.3, 0.4) is 0 Å². The number of hydrogen-bond donors (Lipinski definition) is 2. The van der Waals surface area contributed by atoms with Crippen molar-refractivity contribution in [3.8, 4) is 5.75 Å². The van der Waals surface area contributed by atoms with Gasteiger partial charge < -0.3 is 14.7 Å². The van der Waals surface area contributed by atoms with Gasteiger partial charge in [0.05, 0.1) is 24.7 Å². The highest BCUT2D eigenvalue weighted by molar-refractivity contribution is 9.10. The smallest absolute Gasteiger partial charge is 0.140 e. The summed E-state index contributed by atoms with van der Waals surface area (Å²) in [6.07, 6.45) is 3.94. The summed E-state index contributed by atoms with van der Waals surface area (Å²) in [5, 5.41) is 11.1. The maximum absolute atomic E-state index is 10.4. The van der Waals surface area contributed by atoms with Crippen LogP contribution in [0.1, 0.15) is 18.4 Å². The Balaban J connectivity index is 2.03. The van der Waals surface area contributed by atoms with Gasteiger partial charge in [0.1, 0.15) is 17.6 Å². The second-order valence-electron chi connectivity index (χ2n) is 5.50. The highest BCUT2D eigenvalue weighted by Gasteiger charge is 2.41. The van der Waals surface area contributed by atoms with Gasteiger partial charge in [-0.1, -0.05) is 11.6 Å². The fourth-order valence-corrected chi connectivity index (χ4v) is 4.31. The lowest BCUT2D eigenvalue weighted by Crippen LogP contribution is -3.14. The molecule has 2 N–H and O–H groups in total. The van der Waals surface area contributed by atoms with E-state index in [2.05, 4.69) is 15.9 Å². The Kier molecular flexibility index (Phi) is 4.09. The van der Waals surface area contributed by atoms with E-state index in [-0.39, 0.29) is 6.10 Å². The minimum atomic E-state index is -0.338. The largest absolute Gasteiger partial charge is 0.495 e. The van der Waals surface area contributed by atoms with Gasteiger partial charge in [0.25, 0.3) is 0 Å². The molecule has 3 fully saturated rings. The third-order valence-corrected chi connectivity index (χ3v) is 5.17. The average molecular weight is 360 g/mol. The van der Waals surface area contributed by atoms with Crippen LogP contribution in [0, 0.1) is 5.92 Å². The molecule has 3 aliphatic heterocycles. The molecule has 3 saturated heterocycles. The SMILES string of the molecule is COc1c(Br)cc(Cl)cc1/C=C1/[C@H](O)C2CC[NH+]1CC2. The number of rotatable bonds is 2. The first-order chi connectivity index (χ1) is 9.60. The van der Waals surface area contributed by atoms with Crippen LogP contribution in [-0.2, 0) is 0 Å². The fourth-order valence-electron chi connectivity index (χ4n) is 3.31. The van der Waals surface area contributed by atoms with Gasteiger partial charge in [-0.05, 0) is 28.1 Å². The first kappa shape index (κ1) is 14.4. The number of piperidine rings is 3. The van der Waals surface area contributed by atoms with Gasteiger partial charge >= 0.3 is 0 Å². The van der Waals surface area contributed by atoms with E-state index in [1.807, 2.05) is 18.2 Å². The second kappa shape index (κ2) is 5.68. The molecule has 0 spiro atoms. The first-order valence-corrected chi connectivity index (χ1v) is 8.05. The lowest BCUT2D eigenvalue weighted by Gasteiger charge is -2.41. The number of nitrogens with one attached hydrogen (secondary N) is 1. The molecule has 3 heterocycles. The number of aliphatic hydroxyl groups is 1. The zero-order chi connectivity index (χ0) is 14.3. The molecule has 3 nitrogen and oxygen atoms in total. The second-order valence-corrected chi connectivity index (χ2v) is 6.79. The molecule has 0 radical (unpaired) electrons. The van der Waals surface area contributed by atoms with Crippen LogP contribution >= 0.6 is 27.5 Å². The Morgan fingerprint density at radius 1 is 1.40 bits per heavy atom. The summed E-state index contributed by atoms with van der Waals surface area (Å²) in [7, 11) is 1.65. The normalized spacial score (nSPS) is 30.8. The first-order valence-electron chi connectivity index (χ1n) is 6.88. The predicted octanol–water partition coefficient (Wildman–Crippen LogP) is 2.12. The average Bonchev–Trinajstić information content (AvgIpc) is 2.43. The van der Waals surface area contributed by atoms with Crippen molar-refractivity contribution in [1.82, 2.24) is 0 Å². The van der Waals surface area contributed by atoms with Crippen LogP contribution < -0.4 is 9.64 Å². The topological polar surface area (TPSA) is 33.9 Å². The summed E-state index contributed by atoms with van der Waals surface area (Å²) in [5.74, 6) is 1.17. The van der Waals surface area contributed by atoms with E-state index in [0.29, 0.717) is 10.9 Å². The molecule has 1 atom stereocenters. The van der Waals surface area contributed by atoms with E-state index < -0.39 is 0 Å². The fraction of sp³-hybridized carbons (Fsp3) is 0.467. The lowest BCUT2D eigenvalue weighted by atomic mass is 9.83. The van der Waals surface area contributed by atoms with E-state index in [9.17, 15) is 5.11 Å². The monoisotopic (exact) mass is 358 g/mol. The number of fused-ring (bicyclic) bond motifs is 3. The Morgan fingerprint density at radius 3 is 2.70 bits per heavy atom. The highest BCUT2D eigenvalue weighted by atomic mass is 79.9. The molecule has 0 amide bonds. The zero-order valence-corrected chi connectivity index (χ0v) is 13.7. The van der Waals surface area contributed by atoms with Crippen molar-refractivity contribution in [2.75, 3.05) is 20.2 Å². The summed E-state index contributed by atoms with van der Waals surface area (Å²) in [4.78, 5) is 1.39. The summed E-state index contributed by atoms with van der Waals surface area (Å²) in [6.45, 7) is 2.22. The van der Waals surface area contributed by atoms with Crippen molar-refractivity contribution < 1.29 is 14.7 Å². The molecular formula is C15H18BrClNO2+. The Bertz CT molecular complexity index is 549. The summed E-state index contributed by atoms with van der Waals surface area (Å²) in [5.41, 5.74) is 1.99. The van der Waals surface area contributed by atoms with Crippen molar-refractivity contribution in [2.24, 2.45) is 5.92 Å². The van der Waals surface area contributed by atoms with E-state index >= 15 is 0 Å². The zero-order valence-electron chi connectivity index (χ0n) is 11.3. The third kappa shape index (κ3) is 2.50. The molecule has 1 aromatic rings. The number of halogens is 2. The van der Waals surface area contributed by atoms with Gasteiger partial charge in [0, 0.05) is 35.4 Å². The minimum Gasteiger partial charge on any atom is -0.495 e. The molecule has 2 bridgehead atoms. The quantitative estimate of drug-likeness (QED) is 0.848. The van der Waals surface area contributed by atoms with Crippen molar-refractivity contribution in [2.45, 2.75) is 18.9 Å². The van der Waals surface area contributed by atoms with Crippen LogP contribution in [0.2, 0.25) is 5.02 Å². The molecule has 20 heavy (non-hydrogen) atoms. The molecule has 5 heteroatoms. The molecule has 108 valence electrons. The number of quaternary nitrogens is 1. The molecule has 0 unspecified atom stereocenters. The third-order valence-electron chi connectivity index (χ3n) is 4.36. The number of ether oxygens (including phenoxy) is 1. The van der Waals surface area contributed by atoms with Crippen LogP contribution in [-0.4, -0.2) is 31.4 Å². The maximum Gasteiger partial charge on any atom is 0.140 e. The maximum atomic E-state index is 10.4. The van der Waals surface area contributed by atoms with Crippen molar-refractivity contribution in [1.29, 1.82) is 0 Å². The number of aliphatic hydroxyl groups excluding tert-OH is 1. The predicted molar refractivity (Wildman–Crippen MR) is 83.1 cm³/mol. The van der Waals surface area contributed by atoms with Crippen molar-refractivity contribution >= 4 is 33.6 Å². The minimum absolute atomic E-state index is 0.338. The van der Waals surface area contributed by atoms with Crippen LogP contribution in [0.5, 0.6) is 5.75 Å². The van der Waals surface area contributed by atoms with Crippen LogP contribution in [0.25, 0.3) is 6.08 Å². The van der Waals surface area contributed by atoms with Gasteiger partial charge in [0.15, 0.2) is 0 Å². The van der Waals surface area contributed by atoms with Crippen molar-refractivity contribution in [3.05, 3.63) is 32.9 Å². The standard InChI is InChI=1S/C15H17BrClNO2/c1-20-15-10(6-11(17)8-12(15)16)7-13-14(19)9-2-4-18(13)5-3-9/h6-9,14,19H,2-5H2,1H3/p+1/b13-7-/t14-/m1/s1. The van der Waals surface area contributed by atoms with Crippen LogP contribution in [0.15, 0.2) is 22.3 Å². The molecule has 0 saturated carbocycles. The number of benzene rings is 1. The van der Waals surface area contributed by atoms with Crippen LogP contribution in [0.4, 0.5) is 0 Å². The number of hydrogen-bond acceptors (Lipinski definition) is 2. The molecule has 1 aromatic carbocycles. The van der Waals surface area contributed by atoms with E-state index in [1.54, 1.807) is 7.11 Å². The van der Waals surface area contributed by atoms with E-state index in [4.69, 9.17) is 16.3 Å². The van der Waals surface area contributed by atoms with E-state index in [1.165, 1.54) is 4.90 Å². The summed E-state index contributed by atoms with van der Waals surface area (Å²) < 4.78 is 6.28. The molecular weight excluding hydrogens is 342 g/mol. The van der Waals surface area contributed by atoms with Gasteiger partial charge in [-0.25, -0.2) is 0 Å². The van der Waals surface area contributed by atoms with Crippen molar-refractivity contribution in [3.63, 3.8) is 0 Å². The Labute approximate surface area is 132 Å². The Morgan fingerprint density at radius 2 is 2.10 bits per heavy atom. The van der Waals surface area contributed by atoms with Gasteiger partial charge in [0.2, 0.25) is 0 Å². The highest BCUT2D eigenvalue weighted by Crippen LogP contribution is 2.35. The summed E-state index contributed by atoms with van der Waals surface area (Å²) >= 11 is 9.60. The van der Waals surface area contributed by atoms with Gasteiger partial charge in [-0.3, -0.25) is 0 Å². The summed E-state index contributed by atoms with van der Waals surface area (Å²) in [6, 6.07) is 3.70.